The van der Waals surface area contributed by atoms with Gasteiger partial charge in [-0.05, 0) is 37.3 Å². The first-order chi connectivity index (χ1) is 16.2. The van der Waals surface area contributed by atoms with Crippen molar-refractivity contribution in [2.45, 2.75) is 54.5 Å². The summed E-state index contributed by atoms with van der Waals surface area (Å²) in [6, 6.07) is 4.18. The summed E-state index contributed by atoms with van der Waals surface area (Å²) in [6.07, 6.45) is 2.98. The molecular formula is C22H39N5O3S4. The number of rotatable bonds is 11. The second-order valence-electron chi connectivity index (χ2n) is 7.24. The number of nitrogens with zero attached hydrogens (tertiary/aromatic N) is 2. The molecule has 0 spiro atoms. The highest BCUT2D eigenvalue weighted by Gasteiger charge is 2.10. The van der Waals surface area contributed by atoms with Crippen LogP contribution in [0.25, 0.3) is 0 Å². The van der Waals surface area contributed by atoms with Crippen LogP contribution >= 0.6 is 34.8 Å². The molecule has 194 valence electrons. The number of nitrogens with one attached hydrogen (secondary N) is 3. The quantitative estimate of drug-likeness (QED) is 0.236. The van der Waals surface area contributed by atoms with E-state index >= 15 is 0 Å². The molecule has 0 aliphatic carbocycles. The summed E-state index contributed by atoms with van der Waals surface area (Å²) < 4.78 is 27.8. The maximum absolute atomic E-state index is 12.0. The average molecular weight is 550 g/mol. The topological polar surface area (TPSA) is 108 Å². The standard InChI is InChI=1S/C15H21N5O2S4.C5H12.C2H6O/c1-4-18-26(22)15(11(3)21)23-8-7-16-13-14(20-25-19-13)17-9-12-6-5-10(2)24-12;1-4-5(2)3;1-3-2/h5-8,18,21H,4,9H2,1-3H3,(H,16,19)(H,17,20);5H,4H2,1-3H3;1-2H3/b8-7+,15-11-;;. The third-order valence-electron chi connectivity index (χ3n) is 3.73. The predicted molar refractivity (Wildman–Crippen MR) is 152 cm³/mol. The van der Waals surface area contributed by atoms with Gasteiger partial charge in [-0.1, -0.05) is 45.9 Å². The lowest BCUT2D eigenvalue weighted by Gasteiger charge is -2.06. The molecule has 0 radical (unpaired) electrons. The molecule has 0 saturated carbocycles. The van der Waals surface area contributed by atoms with Gasteiger partial charge in [-0.25, -0.2) is 8.93 Å². The minimum Gasteiger partial charge on any atom is -0.511 e. The minimum atomic E-state index is -1.43. The maximum Gasteiger partial charge on any atom is 0.188 e. The highest BCUT2D eigenvalue weighted by atomic mass is 32.2. The first-order valence-electron chi connectivity index (χ1n) is 10.8. The van der Waals surface area contributed by atoms with Crippen molar-refractivity contribution >= 4 is 57.4 Å². The zero-order valence-electron chi connectivity index (χ0n) is 21.3. The Bertz CT molecular complexity index is 878. The third kappa shape index (κ3) is 14.7. The van der Waals surface area contributed by atoms with Crippen LogP contribution in [0.15, 0.2) is 33.7 Å². The number of aromatic nitrogens is 2. The van der Waals surface area contributed by atoms with Gasteiger partial charge >= 0.3 is 0 Å². The molecule has 8 nitrogen and oxygen atoms in total. The molecular weight excluding hydrogens is 511 g/mol. The number of ether oxygens (including phenoxy) is 1. The molecule has 0 aliphatic rings. The highest BCUT2D eigenvalue weighted by Crippen LogP contribution is 2.24. The van der Waals surface area contributed by atoms with Gasteiger partial charge in [-0.15, -0.1) is 11.3 Å². The Balaban J connectivity index is 0.00000118. The number of anilines is 2. The van der Waals surface area contributed by atoms with Gasteiger partial charge in [0.2, 0.25) is 0 Å². The fraction of sp³-hybridized carbons (Fsp3) is 0.545. The van der Waals surface area contributed by atoms with E-state index in [4.69, 9.17) is 0 Å². The molecule has 34 heavy (non-hydrogen) atoms. The number of hydrogen-bond donors (Lipinski definition) is 4. The maximum atomic E-state index is 12.0. The number of allylic oxidation sites excluding steroid dienone is 1. The normalized spacial score (nSPS) is 12.4. The third-order valence-corrected chi connectivity index (χ3v) is 7.97. The van der Waals surface area contributed by atoms with E-state index < -0.39 is 11.0 Å². The van der Waals surface area contributed by atoms with Crippen LogP contribution in [-0.2, 0) is 22.3 Å². The number of aryl methyl sites for hydroxylation is 1. The summed E-state index contributed by atoms with van der Waals surface area (Å²) in [5.41, 5.74) is 0. The summed E-state index contributed by atoms with van der Waals surface area (Å²) in [5, 5.41) is 17.7. The second kappa shape index (κ2) is 19.8. The largest absolute Gasteiger partial charge is 0.511 e. The van der Waals surface area contributed by atoms with Gasteiger partial charge in [0, 0.05) is 36.7 Å². The Kier molecular flexibility index (Phi) is 19.0. The molecule has 0 bridgehead atoms. The first-order valence-corrected chi connectivity index (χ1v) is 14.4. The number of aliphatic hydroxyl groups excluding tert-OH is 1. The van der Waals surface area contributed by atoms with Crippen molar-refractivity contribution in [3.05, 3.63) is 43.5 Å². The van der Waals surface area contributed by atoms with Crippen molar-refractivity contribution in [3.63, 3.8) is 0 Å². The molecule has 1 atom stereocenters. The Hall–Kier alpha value is -1.44. The first kappa shape index (κ1) is 32.6. The van der Waals surface area contributed by atoms with E-state index in [1.54, 1.807) is 37.2 Å². The van der Waals surface area contributed by atoms with Gasteiger partial charge in [-0.3, -0.25) is 0 Å². The van der Waals surface area contributed by atoms with Gasteiger partial charge in [-0.2, -0.15) is 8.75 Å². The van der Waals surface area contributed by atoms with Crippen molar-refractivity contribution < 1.29 is 14.1 Å². The lowest BCUT2D eigenvalue weighted by atomic mass is 10.2. The Labute approximate surface area is 219 Å². The van der Waals surface area contributed by atoms with E-state index in [0.717, 1.165) is 17.6 Å². The summed E-state index contributed by atoms with van der Waals surface area (Å²) in [7, 11) is 1.82. The molecule has 0 aliphatic heterocycles. The van der Waals surface area contributed by atoms with Crippen LogP contribution in [0.4, 0.5) is 11.6 Å². The van der Waals surface area contributed by atoms with Crippen LogP contribution < -0.4 is 15.4 Å². The smallest absolute Gasteiger partial charge is 0.188 e. The van der Waals surface area contributed by atoms with E-state index in [1.807, 2.05) is 6.92 Å². The minimum absolute atomic E-state index is 0.0304. The van der Waals surface area contributed by atoms with Crippen molar-refractivity contribution in [3.8, 4) is 0 Å². The molecule has 0 saturated heterocycles. The average Bonchev–Trinajstić information content (AvgIpc) is 3.41. The molecule has 4 N–H and O–H groups in total. The van der Waals surface area contributed by atoms with Gasteiger partial charge in [0.05, 0.1) is 18.3 Å². The van der Waals surface area contributed by atoms with Crippen LogP contribution in [0.5, 0.6) is 0 Å². The van der Waals surface area contributed by atoms with Crippen LogP contribution in [0.1, 0.15) is 50.8 Å². The zero-order valence-corrected chi connectivity index (χ0v) is 24.6. The fourth-order valence-corrected chi connectivity index (χ4v) is 4.93. The highest BCUT2D eigenvalue weighted by molar-refractivity contribution is 8.17. The molecule has 2 heterocycles. The number of thiophene rings is 1. The van der Waals surface area contributed by atoms with Gasteiger partial charge in [0.15, 0.2) is 11.6 Å². The van der Waals surface area contributed by atoms with Crippen molar-refractivity contribution in [1.29, 1.82) is 0 Å². The van der Waals surface area contributed by atoms with Crippen molar-refractivity contribution in [2.75, 3.05) is 31.4 Å². The van der Waals surface area contributed by atoms with Crippen LogP contribution in [0.2, 0.25) is 0 Å². The lowest BCUT2D eigenvalue weighted by molar-refractivity contribution is 0.277. The van der Waals surface area contributed by atoms with E-state index in [2.05, 4.69) is 68.7 Å². The fourth-order valence-electron chi connectivity index (χ4n) is 1.82. The number of hydrogen-bond acceptors (Lipinski definition) is 10. The van der Waals surface area contributed by atoms with E-state index in [1.165, 1.54) is 34.9 Å². The molecule has 0 aromatic carbocycles. The second-order valence-corrected chi connectivity index (χ2v) is 11.6. The van der Waals surface area contributed by atoms with Gasteiger partial charge in [0.25, 0.3) is 0 Å². The molecule has 2 rings (SSSR count). The summed E-state index contributed by atoms with van der Waals surface area (Å²) in [5.74, 6) is 2.22. The molecule has 0 fully saturated rings. The van der Waals surface area contributed by atoms with E-state index in [-0.39, 0.29) is 5.76 Å². The number of methoxy groups -OCH3 is 1. The summed E-state index contributed by atoms with van der Waals surface area (Å²) in [6.45, 7) is 13.3. The summed E-state index contributed by atoms with van der Waals surface area (Å²) in [4.78, 5) is 2.50. The van der Waals surface area contributed by atoms with Crippen molar-refractivity contribution in [2.24, 2.45) is 5.92 Å². The number of aliphatic hydroxyl groups is 1. The van der Waals surface area contributed by atoms with E-state index in [9.17, 15) is 9.32 Å². The molecule has 1 unspecified atom stereocenters. The SMILES string of the molecule is CCC(C)C.CCNS(=O)/C(S/C=C/Nc1nsnc1NCc1ccc(C)s1)=C(/C)O.COC. The van der Waals surface area contributed by atoms with Gasteiger partial charge in [0.1, 0.15) is 21.0 Å². The van der Waals surface area contributed by atoms with Crippen LogP contribution in [0, 0.1) is 12.8 Å². The van der Waals surface area contributed by atoms with Crippen molar-refractivity contribution in [1.82, 2.24) is 13.5 Å². The molecule has 2 aromatic rings. The molecule has 2 aromatic heterocycles. The monoisotopic (exact) mass is 549 g/mol. The van der Waals surface area contributed by atoms with Crippen LogP contribution in [0.3, 0.4) is 0 Å². The lowest BCUT2D eigenvalue weighted by Crippen LogP contribution is -2.17. The molecule has 0 amide bonds. The van der Waals surface area contributed by atoms with E-state index in [0.29, 0.717) is 29.0 Å². The van der Waals surface area contributed by atoms with Crippen LogP contribution in [-0.4, -0.2) is 38.8 Å². The predicted octanol–water partition coefficient (Wildman–Crippen LogP) is 6.47. The number of thioether (sulfide) groups is 1. The van der Waals surface area contributed by atoms with Gasteiger partial charge < -0.3 is 20.5 Å². The Morgan fingerprint density at radius 3 is 2.38 bits per heavy atom. The summed E-state index contributed by atoms with van der Waals surface area (Å²) >= 11 is 4.04. The zero-order chi connectivity index (χ0) is 25.9. The molecule has 12 heteroatoms. The Morgan fingerprint density at radius 2 is 1.88 bits per heavy atom. The Morgan fingerprint density at radius 1 is 1.26 bits per heavy atom.